The van der Waals surface area contributed by atoms with Crippen LogP contribution >= 0.6 is 11.3 Å². The third-order valence-electron chi connectivity index (χ3n) is 4.04. The van der Waals surface area contributed by atoms with Crippen molar-refractivity contribution < 1.29 is 4.79 Å². The third-order valence-corrected chi connectivity index (χ3v) is 5.18. The van der Waals surface area contributed by atoms with E-state index >= 15 is 0 Å². The van der Waals surface area contributed by atoms with E-state index in [1.807, 2.05) is 6.92 Å². The first kappa shape index (κ1) is 10.3. The number of nitrogens with two attached hydrogens (primary N) is 1. The number of likely N-dealkylation sites (N-methyl/N-ethyl adjacent to an activating group) is 1. The van der Waals surface area contributed by atoms with E-state index in [0.717, 1.165) is 16.9 Å². The first-order valence-electron chi connectivity index (χ1n) is 5.73. The summed E-state index contributed by atoms with van der Waals surface area (Å²) in [5.41, 5.74) is 7.55. The number of rotatable bonds is 1. The van der Waals surface area contributed by atoms with E-state index in [9.17, 15) is 4.79 Å². The number of primary amides is 1. The second-order valence-electron chi connectivity index (χ2n) is 4.85. The maximum Gasteiger partial charge on any atom is 0.250 e. The van der Waals surface area contributed by atoms with E-state index in [4.69, 9.17) is 5.73 Å². The zero-order chi connectivity index (χ0) is 11.4. The molecule has 1 unspecified atom stereocenters. The summed E-state index contributed by atoms with van der Waals surface area (Å²) in [5.74, 6) is -0.256. The number of fused-ring (bicyclic) bond motifs is 4. The van der Waals surface area contributed by atoms with Gasteiger partial charge in [0.15, 0.2) is 0 Å². The van der Waals surface area contributed by atoms with Gasteiger partial charge in [-0.05, 0) is 38.8 Å². The molecule has 1 fully saturated rings. The molecule has 0 saturated carbocycles. The fourth-order valence-electron chi connectivity index (χ4n) is 3.25. The van der Waals surface area contributed by atoms with E-state index in [0.29, 0.717) is 12.1 Å². The molecule has 16 heavy (non-hydrogen) atoms. The van der Waals surface area contributed by atoms with Crippen molar-refractivity contribution in [3.63, 3.8) is 0 Å². The van der Waals surface area contributed by atoms with Crippen LogP contribution in [0.2, 0.25) is 0 Å². The molecule has 2 aliphatic rings. The average Bonchev–Trinajstić information content (AvgIpc) is 2.64. The van der Waals surface area contributed by atoms with Crippen LogP contribution < -0.4 is 5.73 Å². The molecule has 1 amide bonds. The van der Waals surface area contributed by atoms with Crippen LogP contribution in [0.4, 0.5) is 0 Å². The largest absolute Gasteiger partial charge is 0.366 e. The van der Waals surface area contributed by atoms with Gasteiger partial charge in [-0.2, -0.15) is 0 Å². The van der Waals surface area contributed by atoms with Crippen LogP contribution in [0.3, 0.4) is 0 Å². The van der Waals surface area contributed by atoms with Crippen molar-refractivity contribution >= 4 is 17.2 Å². The third kappa shape index (κ3) is 1.20. The van der Waals surface area contributed by atoms with E-state index in [1.54, 1.807) is 11.3 Å². The van der Waals surface area contributed by atoms with Crippen LogP contribution in [0.1, 0.15) is 44.6 Å². The molecule has 2 N–H and O–H groups in total. The number of aryl methyl sites for hydroxylation is 1. The zero-order valence-electron chi connectivity index (χ0n) is 9.62. The number of amides is 1. The quantitative estimate of drug-likeness (QED) is 0.809. The van der Waals surface area contributed by atoms with Crippen molar-refractivity contribution in [2.75, 3.05) is 7.05 Å². The molecule has 3 nitrogen and oxygen atoms in total. The van der Waals surface area contributed by atoms with E-state index < -0.39 is 0 Å². The number of hydrogen-bond acceptors (Lipinski definition) is 3. The van der Waals surface area contributed by atoms with Crippen molar-refractivity contribution in [3.8, 4) is 0 Å². The van der Waals surface area contributed by atoms with Crippen LogP contribution in [0.5, 0.6) is 0 Å². The Morgan fingerprint density at radius 2 is 2.25 bits per heavy atom. The molecule has 2 bridgehead atoms. The molecule has 3 heterocycles. The molecule has 0 aliphatic carbocycles. The average molecular weight is 236 g/mol. The fourth-order valence-corrected chi connectivity index (χ4v) is 4.56. The number of nitrogens with zero attached hydrogens (tertiary/aromatic N) is 1. The Balaban J connectivity index is 2.19. The summed E-state index contributed by atoms with van der Waals surface area (Å²) in [4.78, 5) is 16.5. The van der Waals surface area contributed by atoms with Gasteiger partial charge in [0.1, 0.15) is 0 Å². The van der Waals surface area contributed by atoms with Crippen molar-refractivity contribution in [2.24, 2.45) is 5.73 Å². The van der Waals surface area contributed by atoms with Crippen molar-refractivity contribution in [2.45, 2.75) is 38.3 Å². The molecule has 3 rings (SSSR count). The van der Waals surface area contributed by atoms with Crippen LogP contribution in [0.15, 0.2) is 0 Å². The summed E-state index contributed by atoms with van der Waals surface area (Å²) >= 11 is 1.77. The van der Waals surface area contributed by atoms with Crippen molar-refractivity contribution in [1.29, 1.82) is 0 Å². The Bertz CT molecular complexity index is 466. The first-order chi connectivity index (χ1) is 7.59. The molecule has 2 aliphatic heterocycles. The Labute approximate surface area is 99.2 Å². The highest BCUT2D eigenvalue weighted by Gasteiger charge is 2.41. The smallest absolute Gasteiger partial charge is 0.250 e. The van der Waals surface area contributed by atoms with E-state index in [1.165, 1.54) is 23.3 Å². The minimum Gasteiger partial charge on any atom is -0.366 e. The van der Waals surface area contributed by atoms with Gasteiger partial charge >= 0.3 is 0 Å². The first-order valence-corrected chi connectivity index (χ1v) is 6.55. The Hall–Kier alpha value is -0.870. The lowest BCUT2D eigenvalue weighted by Crippen LogP contribution is -2.34. The summed E-state index contributed by atoms with van der Waals surface area (Å²) in [7, 11) is 2.17. The molecule has 2 atom stereocenters. The molecule has 1 saturated heterocycles. The monoisotopic (exact) mass is 236 g/mol. The Morgan fingerprint density at radius 3 is 2.94 bits per heavy atom. The van der Waals surface area contributed by atoms with Gasteiger partial charge in [0.25, 0.3) is 0 Å². The second kappa shape index (κ2) is 3.31. The lowest BCUT2D eigenvalue weighted by molar-refractivity contribution is 0.0996. The molecule has 4 heteroatoms. The molecule has 1 aromatic rings. The van der Waals surface area contributed by atoms with Gasteiger partial charge in [-0.15, -0.1) is 11.3 Å². The zero-order valence-corrected chi connectivity index (χ0v) is 10.4. The van der Waals surface area contributed by atoms with E-state index in [-0.39, 0.29) is 5.91 Å². The Kier molecular flexibility index (Phi) is 2.13. The highest BCUT2D eigenvalue weighted by atomic mass is 32.1. The topological polar surface area (TPSA) is 46.3 Å². The van der Waals surface area contributed by atoms with Crippen molar-refractivity contribution in [3.05, 3.63) is 20.9 Å². The van der Waals surface area contributed by atoms with Crippen molar-refractivity contribution in [1.82, 2.24) is 4.90 Å². The van der Waals surface area contributed by atoms with Gasteiger partial charge in [-0.3, -0.25) is 9.69 Å². The number of carbonyl (C=O) groups excluding carboxylic acids is 1. The standard InChI is InChI=1S/C12H16N2OS/c1-6-10(12(13)15)11-8-4-3-7(14(8)2)5-9(11)16-6/h7-8H,3-5H2,1-2H3,(H2,13,15)/t7?,8-/m0/s1. The number of hydrogen-bond donors (Lipinski definition) is 1. The number of carbonyl (C=O) groups is 1. The summed E-state index contributed by atoms with van der Waals surface area (Å²) in [6.07, 6.45) is 3.52. The molecular formula is C12H16N2OS. The highest BCUT2D eigenvalue weighted by molar-refractivity contribution is 7.12. The van der Waals surface area contributed by atoms with Crippen LogP contribution in [0.25, 0.3) is 0 Å². The minimum absolute atomic E-state index is 0.256. The van der Waals surface area contributed by atoms with Gasteiger partial charge in [0, 0.05) is 21.8 Å². The predicted octanol–water partition coefficient (Wildman–Crippen LogP) is 1.85. The maximum absolute atomic E-state index is 11.5. The second-order valence-corrected chi connectivity index (χ2v) is 6.16. The highest BCUT2D eigenvalue weighted by Crippen LogP contribution is 2.47. The maximum atomic E-state index is 11.5. The molecular weight excluding hydrogens is 220 g/mol. The molecule has 0 radical (unpaired) electrons. The normalized spacial score (nSPS) is 28.1. The Morgan fingerprint density at radius 1 is 1.50 bits per heavy atom. The predicted molar refractivity (Wildman–Crippen MR) is 64.8 cm³/mol. The molecule has 86 valence electrons. The van der Waals surface area contributed by atoms with Gasteiger partial charge in [-0.1, -0.05) is 0 Å². The summed E-state index contributed by atoms with van der Waals surface area (Å²) < 4.78 is 0. The molecule has 0 aromatic carbocycles. The fraction of sp³-hybridized carbons (Fsp3) is 0.583. The minimum atomic E-state index is -0.256. The van der Waals surface area contributed by atoms with Gasteiger partial charge in [0.2, 0.25) is 5.91 Å². The molecule has 0 spiro atoms. The van der Waals surface area contributed by atoms with Crippen LogP contribution in [0, 0.1) is 6.92 Å². The van der Waals surface area contributed by atoms with Crippen LogP contribution in [-0.4, -0.2) is 23.9 Å². The summed E-state index contributed by atoms with van der Waals surface area (Å²) in [6.45, 7) is 2.01. The van der Waals surface area contributed by atoms with Gasteiger partial charge in [-0.25, -0.2) is 0 Å². The SMILES string of the molecule is Cc1sc2c(c1C(N)=O)[C@@H]1CCC(C2)N1C. The summed E-state index contributed by atoms with van der Waals surface area (Å²) in [5, 5.41) is 0. The molecule has 1 aromatic heterocycles. The van der Waals surface area contributed by atoms with E-state index in [2.05, 4.69) is 11.9 Å². The lowest BCUT2D eigenvalue weighted by Gasteiger charge is -2.31. The number of thiophene rings is 1. The van der Waals surface area contributed by atoms with Gasteiger partial charge < -0.3 is 5.73 Å². The van der Waals surface area contributed by atoms with Gasteiger partial charge in [0.05, 0.1) is 5.56 Å². The summed E-state index contributed by atoms with van der Waals surface area (Å²) in [6, 6.07) is 1.11. The lowest BCUT2D eigenvalue weighted by atomic mass is 9.96. The van der Waals surface area contributed by atoms with Crippen LogP contribution in [-0.2, 0) is 6.42 Å².